The number of nitrogens with zero attached hydrogens (tertiary/aromatic N) is 1. The van der Waals surface area contributed by atoms with Crippen LogP contribution in [0.4, 0.5) is 0 Å². The van der Waals surface area contributed by atoms with Crippen molar-refractivity contribution >= 4 is 28.2 Å². The summed E-state index contributed by atoms with van der Waals surface area (Å²) in [5.41, 5.74) is 0. The molecule has 4 atom stereocenters. The van der Waals surface area contributed by atoms with Crippen LogP contribution in [0.2, 0.25) is 0 Å². The lowest BCUT2D eigenvalue weighted by Crippen LogP contribution is -2.46. The van der Waals surface area contributed by atoms with E-state index >= 15 is 0 Å². The molecule has 0 aromatic heterocycles. The molecule has 4 unspecified atom stereocenters. The molecule has 0 radical (unpaired) electrons. The molecule has 130 valence electrons. The van der Waals surface area contributed by atoms with Crippen molar-refractivity contribution in [3.05, 3.63) is 0 Å². The number of nitrogens with one attached hydrogen (secondary N) is 1. The molecule has 2 aliphatic rings. The Balaban J connectivity index is 0.00000242. The summed E-state index contributed by atoms with van der Waals surface area (Å²) >= 11 is 0. The molecule has 22 heavy (non-hydrogen) atoms. The van der Waals surface area contributed by atoms with Gasteiger partial charge in [0.15, 0.2) is 9.84 Å². The first-order valence-electron chi connectivity index (χ1n) is 7.89. The second-order valence-corrected chi connectivity index (χ2v) is 9.36. The molecule has 0 aliphatic carbocycles. The van der Waals surface area contributed by atoms with Gasteiger partial charge in [0.05, 0.1) is 5.25 Å². The standard InChI is InChI=1S/C15H28N2O3S.ClH/c1-10(11(2)21(4,19)20)17(3)15(18)9-12-7-13-5-6-14(8-12)16-13;/h10-14,16H,5-9H2,1-4H3;1H. The number of carbonyl (C=O) groups is 1. The number of hydrogen-bond donors (Lipinski definition) is 1. The zero-order valence-electron chi connectivity index (χ0n) is 13.9. The Labute approximate surface area is 140 Å². The van der Waals surface area contributed by atoms with E-state index in [1.807, 2.05) is 6.92 Å². The smallest absolute Gasteiger partial charge is 0.222 e. The van der Waals surface area contributed by atoms with Crippen LogP contribution in [0.3, 0.4) is 0 Å². The first-order chi connectivity index (χ1) is 9.68. The molecule has 1 amide bonds. The number of piperidine rings is 1. The number of hydrogen-bond acceptors (Lipinski definition) is 4. The molecule has 0 aromatic rings. The van der Waals surface area contributed by atoms with E-state index in [1.54, 1.807) is 18.9 Å². The highest BCUT2D eigenvalue weighted by atomic mass is 35.5. The average Bonchev–Trinajstić information content (AvgIpc) is 2.74. The topological polar surface area (TPSA) is 66.5 Å². The summed E-state index contributed by atoms with van der Waals surface area (Å²) in [7, 11) is -1.40. The molecular weight excluding hydrogens is 324 g/mol. The molecule has 5 nitrogen and oxygen atoms in total. The summed E-state index contributed by atoms with van der Waals surface area (Å²) in [6.45, 7) is 3.49. The lowest BCUT2D eigenvalue weighted by atomic mass is 9.89. The van der Waals surface area contributed by atoms with E-state index < -0.39 is 15.1 Å². The lowest BCUT2D eigenvalue weighted by molar-refractivity contribution is -0.132. The third kappa shape index (κ3) is 4.59. The zero-order valence-corrected chi connectivity index (χ0v) is 15.5. The molecular formula is C15H29ClN2O3S. The Morgan fingerprint density at radius 2 is 1.73 bits per heavy atom. The molecule has 2 rings (SSSR count). The van der Waals surface area contributed by atoms with Crippen molar-refractivity contribution in [1.82, 2.24) is 10.2 Å². The van der Waals surface area contributed by atoms with Gasteiger partial charge < -0.3 is 10.2 Å². The average molecular weight is 353 g/mol. The van der Waals surface area contributed by atoms with Gasteiger partial charge in [-0.05, 0) is 45.4 Å². The van der Waals surface area contributed by atoms with Crippen molar-refractivity contribution in [3.8, 4) is 0 Å². The molecule has 0 saturated carbocycles. The molecule has 1 N–H and O–H groups in total. The third-order valence-corrected chi connectivity index (χ3v) is 7.14. The van der Waals surface area contributed by atoms with Crippen molar-refractivity contribution in [1.29, 1.82) is 0 Å². The number of rotatable bonds is 5. The molecule has 2 heterocycles. The summed E-state index contributed by atoms with van der Waals surface area (Å²) in [6.07, 6.45) is 6.39. The van der Waals surface area contributed by atoms with Gasteiger partial charge >= 0.3 is 0 Å². The van der Waals surface area contributed by atoms with Crippen LogP contribution in [0.25, 0.3) is 0 Å². The van der Waals surface area contributed by atoms with Crippen molar-refractivity contribution in [3.63, 3.8) is 0 Å². The Kier molecular flexibility index (Phi) is 6.72. The molecule has 2 fully saturated rings. The quantitative estimate of drug-likeness (QED) is 0.816. The van der Waals surface area contributed by atoms with E-state index in [-0.39, 0.29) is 24.4 Å². The molecule has 7 heteroatoms. The van der Waals surface area contributed by atoms with Gasteiger partial charge in [0.1, 0.15) is 0 Å². The Morgan fingerprint density at radius 3 is 2.18 bits per heavy atom. The molecule has 0 aromatic carbocycles. The third-order valence-electron chi connectivity index (χ3n) is 5.39. The van der Waals surface area contributed by atoms with Crippen LogP contribution >= 0.6 is 12.4 Å². The van der Waals surface area contributed by atoms with E-state index in [0.717, 1.165) is 12.8 Å². The van der Waals surface area contributed by atoms with Crippen molar-refractivity contribution in [2.75, 3.05) is 13.3 Å². The van der Waals surface area contributed by atoms with Crippen LogP contribution in [-0.2, 0) is 14.6 Å². The van der Waals surface area contributed by atoms with Crippen LogP contribution in [-0.4, -0.2) is 55.9 Å². The number of halogens is 1. The van der Waals surface area contributed by atoms with Crippen LogP contribution in [0.1, 0.15) is 46.0 Å². The highest BCUT2D eigenvalue weighted by Crippen LogP contribution is 2.33. The molecule has 2 aliphatic heterocycles. The van der Waals surface area contributed by atoms with Crippen LogP contribution in [0.5, 0.6) is 0 Å². The van der Waals surface area contributed by atoms with Crippen molar-refractivity contribution in [2.24, 2.45) is 5.92 Å². The van der Waals surface area contributed by atoms with Gasteiger partial charge in [-0.25, -0.2) is 8.42 Å². The summed E-state index contributed by atoms with van der Waals surface area (Å²) in [6, 6.07) is 0.879. The van der Waals surface area contributed by atoms with Crippen LogP contribution < -0.4 is 5.32 Å². The van der Waals surface area contributed by atoms with Gasteiger partial charge in [0.2, 0.25) is 5.91 Å². The van der Waals surface area contributed by atoms with E-state index in [0.29, 0.717) is 24.4 Å². The van der Waals surface area contributed by atoms with E-state index in [1.165, 1.54) is 19.1 Å². The fourth-order valence-corrected chi connectivity index (χ4v) is 4.53. The van der Waals surface area contributed by atoms with Gasteiger partial charge in [-0.2, -0.15) is 0 Å². The number of carbonyl (C=O) groups excluding carboxylic acids is 1. The molecule has 2 saturated heterocycles. The van der Waals surface area contributed by atoms with Gasteiger partial charge in [0, 0.05) is 37.8 Å². The van der Waals surface area contributed by atoms with Crippen molar-refractivity contribution < 1.29 is 13.2 Å². The Hall–Kier alpha value is -0.330. The largest absolute Gasteiger partial charge is 0.342 e. The minimum atomic E-state index is -3.13. The summed E-state index contributed by atoms with van der Waals surface area (Å²) in [5, 5.41) is 3.05. The highest BCUT2D eigenvalue weighted by molar-refractivity contribution is 7.91. The molecule has 2 bridgehead atoms. The highest BCUT2D eigenvalue weighted by Gasteiger charge is 2.35. The maximum Gasteiger partial charge on any atom is 0.222 e. The van der Waals surface area contributed by atoms with Gasteiger partial charge in [-0.15, -0.1) is 12.4 Å². The second-order valence-electron chi connectivity index (χ2n) is 6.96. The maximum atomic E-state index is 12.4. The number of fused-ring (bicyclic) bond motifs is 2. The first-order valence-corrected chi connectivity index (χ1v) is 9.84. The Morgan fingerprint density at radius 1 is 1.23 bits per heavy atom. The predicted molar refractivity (Wildman–Crippen MR) is 91.1 cm³/mol. The fourth-order valence-electron chi connectivity index (χ4n) is 3.63. The van der Waals surface area contributed by atoms with Gasteiger partial charge in [-0.3, -0.25) is 4.79 Å². The van der Waals surface area contributed by atoms with Gasteiger partial charge in [-0.1, -0.05) is 0 Å². The Bertz CT molecular complexity index is 485. The number of amides is 1. The second kappa shape index (κ2) is 7.49. The minimum Gasteiger partial charge on any atom is -0.342 e. The van der Waals surface area contributed by atoms with E-state index in [2.05, 4.69) is 5.32 Å². The minimum absolute atomic E-state index is 0. The zero-order chi connectivity index (χ0) is 15.8. The summed E-state index contributed by atoms with van der Waals surface area (Å²) in [4.78, 5) is 14.0. The molecule has 0 spiro atoms. The van der Waals surface area contributed by atoms with Crippen LogP contribution in [0, 0.1) is 5.92 Å². The van der Waals surface area contributed by atoms with Crippen LogP contribution in [0.15, 0.2) is 0 Å². The van der Waals surface area contributed by atoms with Gasteiger partial charge in [0.25, 0.3) is 0 Å². The summed E-state index contributed by atoms with van der Waals surface area (Å²) < 4.78 is 23.3. The van der Waals surface area contributed by atoms with Crippen molar-refractivity contribution in [2.45, 2.75) is 69.3 Å². The maximum absolute atomic E-state index is 12.4. The normalized spacial score (nSPS) is 30.3. The summed E-state index contributed by atoms with van der Waals surface area (Å²) in [5.74, 6) is 0.517. The monoisotopic (exact) mass is 352 g/mol. The SMILES string of the molecule is CC(C(C)S(C)(=O)=O)N(C)C(=O)CC1CC2CCC(C1)N2.Cl. The predicted octanol–water partition coefficient (Wildman–Crippen LogP) is 1.61. The number of sulfone groups is 1. The lowest BCUT2D eigenvalue weighted by Gasteiger charge is -2.33. The first kappa shape index (κ1) is 19.7. The van der Waals surface area contributed by atoms with E-state index in [9.17, 15) is 13.2 Å². The van der Waals surface area contributed by atoms with E-state index in [4.69, 9.17) is 0 Å². The fraction of sp³-hybridized carbons (Fsp3) is 0.933.